The summed E-state index contributed by atoms with van der Waals surface area (Å²) in [7, 11) is 13.7. The Balaban J connectivity index is 0.000000431. The Kier molecular flexibility index (Phi) is 39.8. The highest BCUT2D eigenvalue weighted by molar-refractivity contribution is 9.09. The normalized spacial score (nSPS) is 29.2. The van der Waals surface area contributed by atoms with Crippen LogP contribution in [0.25, 0.3) is 0 Å². The Morgan fingerprint density at radius 3 is 1.20 bits per heavy atom. The molecule has 0 unspecified atom stereocenters. The van der Waals surface area contributed by atoms with E-state index in [1.165, 1.54) is 4.90 Å². The zero-order valence-electron chi connectivity index (χ0n) is 67.6. The summed E-state index contributed by atoms with van der Waals surface area (Å²) < 4.78 is 62.6. The van der Waals surface area contributed by atoms with E-state index < -0.39 is 87.4 Å². The van der Waals surface area contributed by atoms with E-state index in [-0.39, 0.29) is 94.1 Å². The highest BCUT2D eigenvalue weighted by Gasteiger charge is 2.47. The monoisotopic (exact) mass is 1680 g/mol. The minimum Gasteiger partial charge on any atom is -0.461 e. The number of fused-ring (bicyclic) bond motifs is 3. The number of hydrogen-bond acceptors (Lipinski definition) is 24. The van der Waals surface area contributed by atoms with Gasteiger partial charge in [-0.25, -0.2) is 19.2 Å². The van der Waals surface area contributed by atoms with Gasteiger partial charge in [0.25, 0.3) is 10.1 Å². The van der Waals surface area contributed by atoms with Crippen molar-refractivity contribution in [2.24, 2.45) is 41.2 Å². The molecule has 7 N–H and O–H groups in total. The number of aliphatic hydroxyl groups excluding tert-OH is 3. The van der Waals surface area contributed by atoms with Crippen LogP contribution in [0.4, 0.5) is 19.2 Å². The lowest BCUT2D eigenvalue weighted by Gasteiger charge is -2.36. The summed E-state index contributed by atoms with van der Waals surface area (Å²) in [5.74, 6) is 0.552. The van der Waals surface area contributed by atoms with Gasteiger partial charge in [0.1, 0.15) is 28.5 Å². The molecule has 0 aromatic heterocycles. The number of esters is 1. The molecule has 8 fully saturated rings. The van der Waals surface area contributed by atoms with Crippen molar-refractivity contribution < 1.29 is 109 Å². The van der Waals surface area contributed by atoms with E-state index in [0.717, 1.165) is 64.0 Å². The van der Waals surface area contributed by atoms with E-state index >= 15 is 0 Å². The predicted octanol–water partition coefficient (Wildman–Crippen LogP) is 7.79. The van der Waals surface area contributed by atoms with Crippen LogP contribution in [-0.2, 0) is 76.2 Å². The lowest BCUT2D eigenvalue weighted by Crippen LogP contribution is -2.51. The Labute approximate surface area is 652 Å². The molecule has 8 rings (SSSR count). The molecule has 8 aliphatic rings. The summed E-state index contributed by atoms with van der Waals surface area (Å²) in [5, 5.41) is 34.2. The van der Waals surface area contributed by atoms with E-state index in [0.29, 0.717) is 74.8 Å². The summed E-state index contributed by atoms with van der Waals surface area (Å²) in [6.45, 7) is 20.6. The Morgan fingerprint density at radius 1 is 0.439 bits per heavy atom. The third-order valence-corrected chi connectivity index (χ3v) is 20.8. The molecular weight excluding hydrogens is 1550 g/mol. The molecule has 7 amide bonds. The Bertz CT molecular complexity index is 2940. The SMILES string of the molecule is CC(C)(C)OC(=O)OC(=O)OC(C)(C)C.CN(C)C(=O)[C@H]1CC[C@@H](O)[C@H](N)C1.CN(C)C(=O)[C@H]1CC[C@@H](O)[C@H](NC(=O)OC(C)(C)C)C1.CN(C)C(=O)[C@H]1CC[C@@H](OS(C)(=O)=O)[C@H](NC(=O)OC(C)(C)C)C1.CN(C)C(=O)[C@H]1CC[C@H](Br)[C@@H](O)C1.CN(C)C(=O)[C@H]1CC[C@H]2O[C@H]2C1.O=C1O[C@H]2C[C@@H]1CC[C@@H]2Br. The van der Waals surface area contributed by atoms with Crippen LogP contribution in [0.5, 0.6) is 0 Å². The van der Waals surface area contributed by atoms with Crippen molar-refractivity contribution >= 4 is 102 Å². The van der Waals surface area contributed by atoms with Gasteiger partial charge in [0.05, 0.1) is 65.7 Å². The fourth-order valence-electron chi connectivity index (χ4n) is 12.8. The van der Waals surface area contributed by atoms with Gasteiger partial charge in [0, 0.05) is 111 Å². The highest BCUT2D eigenvalue weighted by atomic mass is 79.9. The summed E-state index contributed by atoms with van der Waals surface area (Å²) in [6, 6.07) is -1.28. The second-order valence-corrected chi connectivity index (χ2v) is 37.6. The van der Waals surface area contributed by atoms with Gasteiger partial charge in [-0.15, -0.1) is 0 Å². The average Bonchev–Trinajstić information content (AvgIpc) is 1.71. The number of alkyl halides is 2. The molecule has 2 aliphatic heterocycles. The number of nitrogens with two attached hydrogens (primary N) is 1. The topological polar surface area (TPSA) is 409 Å². The highest BCUT2D eigenvalue weighted by Crippen LogP contribution is 2.41. The van der Waals surface area contributed by atoms with Gasteiger partial charge < -0.3 is 89.3 Å². The zero-order valence-corrected chi connectivity index (χ0v) is 71.6. The van der Waals surface area contributed by atoms with E-state index in [1.807, 2.05) is 14.1 Å². The summed E-state index contributed by atoms with van der Waals surface area (Å²) in [5.41, 5.74) is 3.04. The van der Waals surface area contributed by atoms with E-state index in [1.54, 1.807) is 159 Å². The molecule has 6 saturated carbocycles. The van der Waals surface area contributed by atoms with Crippen LogP contribution in [0, 0.1) is 35.5 Å². The first kappa shape index (κ1) is 97.8. The molecule has 6 aliphatic carbocycles. The third kappa shape index (κ3) is 38.5. The maximum Gasteiger partial charge on any atom is 0.519 e. The van der Waals surface area contributed by atoms with Gasteiger partial charge in [-0.05, 0) is 199 Å². The minimum atomic E-state index is -3.67. The Hall–Kier alpha value is -5.23. The van der Waals surface area contributed by atoms with Crippen molar-refractivity contribution in [2.75, 3.05) is 76.7 Å². The van der Waals surface area contributed by atoms with Gasteiger partial charge in [0.15, 0.2) is 0 Å². The number of halogens is 2. The molecule has 34 heteroatoms. The number of nitrogens with zero attached hydrogens (tertiary/aromatic N) is 5. The smallest absolute Gasteiger partial charge is 0.461 e. The molecule has 2 bridgehead atoms. The number of alkyl carbamates (subject to hydrolysis) is 2. The van der Waals surface area contributed by atoms with Gasteiger partial charge in [0.2, 0.25) is 29.5 Å². The molecule has 2 saturated heterocycles. The van der Waals surface area contributed by atoms with Crippen LogP contribution in [0.3, 0.4) is 0 Å². The predicted molar refractivity (Wildman–Crippen MR) is 407 cm³/mol. The summed E-state index contributed by atoms with van der Waals surface area (Å²) in [6.07, 6.45) is 9.75. The van der Waals surface area contributed by atoms with Gasteiger partial charge >= 0.3 is 30.5 Å². The van der Waals surface area contributed by atoms with Crippen molar-refractivity contribution in [3.63, 3.8) is 0 Å². The number of rotatable bonds is 9. The van der Waals surface area contributed by atoms with Crippen LogP contribution in [0.15, 0.2) is 0 Å². The number of nitrogens with one attached hydrogen (secondary N) is 2. The number of epoxide rings is 1. The van der Waals surface area contributed by atoms with E-state index in [9.17, 15) is 71.7 Å². The molecule has 18 atom stereocenters. The van der Waals surface area contributed by atoms with E-state index in [2.05, 4.69) is 47.2 Å². The lowest BCUT2D eigenvalue weighted by atomic mass is 9.83. The first-order valence-electron chi connectivity index (χ1n) is 36.9. The molecule has 31 nitrogen and oxygen atoms in total. The quantitative estimate of drug-likeness (QED) is 0.0320. The number of aliphatic hydroxyl groups is 3. The average molecular weight is 1680 g/mol. The zero-order chi connectivity index (χ0) is 82.4. The van der Waals surface area contributed by atoms with Crippen LogP contribution >= 0.6 is 31.9 Å². The standard InChI is InChI=1S/C15H28N2O6S.C14H26N2O4.C10H18O5.C9H16BrNO2.C9H18N2O2.C9H15NO2.C7H9BrO2/c1-15(2,3)22-14(19)16-11-9-10(13(18)17(4)5)7-8-12(11)23-24(6,20)21;1-14(2,3)20-13(19)15-10-8-9(6-7-11(10)17)12(18)16(4)5;1-9(2,3)14-7(11)13-8(12)15-10(4,5)6;1-11(2)9(13)6-3-4-7(10)8(12)5-6;1-11(2)9(13)6-3-4-8(12)7(10)5-6;1-10(2)9(11)6-3-4-7-8(5-6)12-7;8-5-2-1-4-3-6(5)10-7(4)9/h10-12H,7-9H2,1-6H3,(H,16,19);9-11,17H,6-8H2,1-5H3,(H,15,19);1-6H3;6-8,12H,3-5H2,1-2H3;6-8,12H,3-5,10H2,1-2H3;6-8H,3-5H2,1-2H3;4-6H,1-3H2/t10-,11+,12+;9-,10+,11+;;6-,7-,8-;6-,7+,8+;6-,7+,8-;4-,5-,6-/m00.0000/s1. The number of carbonyl (C=O) groups excluding carboxylic acids is 10. The number of amides is 7. The maximum atomic E-state index is 12.2. The molecule has 0 aromatic carbocycles. The van der Waals surface area contributed by atoms with Crippen LogP contribution in [0.2, 0.25) is 0 Å². The molecule has 107 heavy (non-hydrogen) atoms. The number of carbonyl (C=O) groups is 10. The fourth-order valence-corrected chi connectivity index (χ4v) is 14.5. The van der Waals surface area contributed by atoms with Gasteiger partial charge in [-0.2, -0.15) is 8.42 Å². The van der Waals surface area contributed by atoms with Crippen molar-refractivity contribution in [3.05, 3.63) is 0 Å². The van der Waals surface area contributed by atoms with Crippen LogP contribution < -0.4 is 16.4 Å². The Morgan fingerprint density at radius 2 is 0.804 bits per heavy atom. The fraction of sp³-hybridized carbons (Fsp3) is 0.863. The summed E-state index contributed by atoms with van der Waals surface area (Å²) in [4.78, 5) is 124. The first-order chi connectivity index (χ1) is 48.9. The van der Waals surface area contributed by atoms with Crippen molar-refractivity contribution in [2.45, 2.75) is 292 Å². The molecule has 0 spiro atoms. The molecular formula is C73H130Br2N8O23S. The molecule has 0 radical (unpaired) electrons. The third-order valence-electron chi connectivity index (χ3n) is 18.1. The van der Waals surface area contributed by atoms with Crippen molar-refractivity contribution in [1.82, 2.24) is 35.1 Å². The van der Waals surface area contributed by atoms with Crippen LogP contribution in [-0.4, -0.2) is 278 Å². The van der Waals surface area contributed by atoms with Gasteiger partial charge in [-0.3, -0.25) is 33.0 Å². The molecule has 0 aromatic rings. The number of hydrogen-bond donors (Lipinski definition) is 6. The lowest BCUT2D eigenvalue weighted by molar-refractivity contribution is -0.143. The number of ether oxygens (including phenoxy) is 7. The first-order valence-corrected chi connectivity index (χ1v) is 40.5. The minimum absolute atomic E-state index is 0.00778. The second-order valence-electron chi connectivity index (χ2n) is 33.7. The molecule has 620 valence electrons. The van der Waals surface area contributed by atoms with E-state index in [4.69, 9.17) is 38.3 Å². The largest absolute Gasteiger partial charge is 0.519 e. The van der Waals surface area contributed by atoms with Crippen LogP contribution in [0.1, 0.15) is 199 Å². The van der Waals surface area contributed by atoms with Gasteiger partial charge in [-0.1, -0.05) is 31.9 Å². The second kappa shape index (κ2) is 43.5. The molecule has 2 heterocycles. The van der Waals surface area contributed by atoms with Crippen molar-refractivity contribution in [1.29, 1.82) is 0 Å². The summed E-state index contributed by atoms with van der Waals surface area (Å²) >= 11 is 6.88. The van der Waals surface area contributed by atoms with Crippen molar-refractivity contribution in [3.8, 4) is 0 Å². The maximum absolute atomic E-state index is 12.2.